The number of nitrogens with one attached hydrogen (secondary N) is 2. The summed E-state index contributed by atoms with van der Waals surface area (Å²) in [7, 11) is 0. The molecule has 1 aliphatic rings. The zero-order valence-corrected chi connectivity index (χ0v) is 25.1. The standard InChI is InChI=1S/C21H28FN3O2.C9H19NO.C2H6/c1-2-3-4-5-14-27-15-6-13-23-20-12-7-17(16-24-20)21(26)25-19-10-8-18(22)9-11-19;10-7-4-8-11-9-5-2-1-3-6-9;1-2/h7-12,16H,2-6,13-15H2,1H3,(H,23,24)(H,25,26);9H,1-8,10H2;1-2H3. The third kappa shape index (κ3) is 17.2. The second-order valence-corrected chi connectivity index (χ2v) is 9.62. The van der Waals surface area contributed by atoms with Crippen LogP contribution in [0, 0.1) is 5.82 Å². The summed E-state index contributed by atoms with van der Waals surface area (Å²) >= 11 is 0. The number of aromatic nitrogens is 1. The number of nitrogens with two attached hydrogens (primary N) is 1. The third-order valence-corrected chi connectivity index (χ3v) is 6.30. The van der Waals surface area contributed by atoms with Crippen molar-refractivity contribution < 1.29 is 18.7 Å². The third-order valence-electron chi connectivity index (χ3n) is 6.30. The van der Waals surface area contributed by atoms with Gasteiger partial charge in [-0.05, 0) is 75.0 Å². The molecular weight excluding hydrogens is 507 g/mol. The number of ether oxygens (including phenoxy) is 2. The molecule has 1 saturated carbocycles. The highest BCUT2D eigenvalue weighted by molar-refractivity contribution is 6.04. The zero-order valence-electron chi connectivity index (χ0n) is 25.1. The number of hydrogen-bond acceptors (Lipinski definition) is 6. The number of benzene rings is 1. The topological polar surface area (TPSA) is 98.5 Å². The van der Waals surface area contributed by atoms with Gasteiger partial charge in [0, 0.05) is 38.2 Å². The second-order valence-electron chi connectivity index (χ2n) is 9.62. The molecular formula is C32H53FN4O3. The Morgan fingerprint density at radius 2 is 1.68 bits per heavy atom. The lowest BCUT2D eigenvalue weighted by Gasteiger charge is -2.21. The van der Waals surface area contributed by atoms with Gasteiger partial charge in [-0.1, -0.05) is 59.3 Å². The fourth-order valence-corrected chi connectivity index (χ4v) is 4.06. The predicted molar refractivity (Wildman–Crippen MR) is 165 cm³/mol. The number of nitrogens with zero attached hydrogens (tertiary/aromatic N) is 1. The maximum atomic E-state index is 12.9. The van der Waals surface area contributed by atoms with Gasteiger partial charge in [0.15, 0.2) is 0 Å². The lowest BCUT2D eigenvalue weighted by Crippen LogP contribution is -2.18. The van der Waals surface area contributed by atoms with Crippen LogP contribution in [-0.2, 0) is 9.47 Å². The second kappa shape index (κ2) is 24.3. The molecule has 0 saturated heterocycles. The Morgan fingerprint density at radius 3 is 2.33 bits per heavy atom. The zero-order chi connectivity index (χ0) is 29.3. The maximum Gasteiger partial charge on any atom is 0.257 e. The Balaban J connectivity index is 0.000000512. The minimum Gasteiger partial charge on any atom is -0.381 e. The highest BCUT2D eigenvalue weighted by Gasteiger charge is 2.12. The lowest BCUT2D eigenvalue weighted by atomic mass is 9.98. The molecule has 1 fully saturated rings. The number of carbonyl (C=O) groups excluding carboxylic acids is 1. The van der Waals surface area contributed by atoms with Gasteiger partial charge in [0.25, 0.3) is 5.91 Å². The summed E-state index contributed by atoms with van der Waals surface area (Å²) in [5.74, 6) is 0.0976. The van der Waals surface area contributed by atoms with Crippen molar-refractivity contribution in [1.29, 1.82) is 0 Å². The molecule has 0 bridgehead atoms. The minimum atomic E-state index is -0.341. The molecule has 40 heavy (non-hydrogen) atoms. The molecule has 3 rings (SSSR count). The van der Waals surface area contributed by atoms with Gasteiger partial charge in [0.05, 0.1) is 11.7 Å². The molecule has 1 amide bonds. The van der Waals surface area contributed by atoms with Crippen molar-refractivity contribution in [1.82, 2.24) is 4.98 Å². The van der Waals surface area contributed by atoms with Crippen LogP contribution in [0.4, 0.5) is 15.9 Å². The van der Waals surface area contributed by atoms with Crippen LogP contribution in [0.2, 0.25) is 0 Å². The van der Waals surface area contributed by atoms with E-state index in [1.54, 1.807) is 12.1 Å². The van der Waals surface area contributed by atoms with Crippen LogP contribution in [0.25, 0.3) is 0 Å². The largest absolute Gasteiger partial charge is 0.381 e. The molecule has 2 aromatic rings. The van der Waals surface area contributed by atoms with Crippen molar-refractivity contribution in [2.75, 3.05) is 43.5 Å². The summed E-state index contributed by atoms with van der Waals surface area (Å²) < 4.78 is 24.1. The maximum absolute atomic E-state index is 12.9. The van der Waals surface area contributed by atoms with E-state index >= 15 is 0 Å². The number of anilines is 2. The molecule has 1 aliphatic carbocycles. The van der Waals surface area contributed by atoms with Crippen LogP contribution in [0.1, 0.15) is 102 Å². The van der Waals surface area contributed by atoms with E-state index in [0.29, 0.717) is 17.4 Å². The first-order chi connectivity index (χ1) is 19.6. The van der Waals surface area contributed by atoms with Gasteiger partial charge in [0.2, 0.25) is 0 Å². The van der Waals surface area contributed by atoms with Crippen LogP contribution in [0.15, 0.2) is 42.6 Å². The molecule has 8 heteroatoms. The average Bonchev–Trinajstić information content (AvgIpc) is 3.00. The van der Waals surface area contributed by atoms with E-state index in [1.807, 2.05) is 13.8 Å². The Hall–Kier alpha value is -2.55. The summed E-state index contributed by atoms with van der Waals surface area (Å²) in [4.78, 5) is 16.4. The summed E-state index contributed by atoms with van der Waals surface area (Å²) in [6, 6.07) is 9.11. The SMILES string of the molecule is CC.CCCCCCOCCCNc1ccc(C(=O)Nc2ccc(F)cc2)cn1.NCCCOC1CCCCC1. The van der Waals surface area contributed by atoms with Gasteiger partial charge >= 0.3 is 0 Å². The van der Waals surface area contributed by atoms with Crippen molar-refractivity contribution >= 4 is 17.4 Å². The lowest BCUT2D eigenvalue weighted by molar-refractivity contribution is 0.0280. The predicted octanol–water partition coefficient (Wildman–Crippen LogP) is 7.58. The molecule has 1 heterocycles. The number of carbonyl (C=O) groups is 1. The van der Waals surface area contributed by atoms with Crippen LogP contribution in [-0.4, -0.2) is 49.9 Å². The van der Waals surface area contributed by atoms with Crippen molar-refractivity contribution in [3.05, 3.63) is 54.0 Å². The number of pyridine rings is 1. The number of rotatable bonds is 16. The van der Waals surface area contributed by atoms with E-state index in [-0.39, 0.29) is 11.7 Å². The molecule has 0 radical (unpaired) electrons. The van der Waals surface area contributed by atoms with Crippen LogP contribution >= 0.6 is 0 Å². The van der Waals surface area contributed by atoms with Gasteiger partial charge < -0.3 is 25.8 Å². The Bertz CT molecular complexity index is 859. The van der Waals surface area contributed by atoms with E-state index < -0.39 is 0 Å². The fourth-order valence-electron chi connectivity index (χ4n) is 4.06. The molecule has 4 N–H and O–H groups in total. The number of unbranched alkanes of at least 4 members (excludes halogenated alkanes) is 3. The average molecular weight is 561 g/mol. The van der Waals surface area contributed by atoms with Crippen LogP contribution in [0.5, 0.6) is 0 Å². The molecule has 0 unspecified atom stereocenters. The molecule has 0 atom stereocenters. The molecule has 1 aromatic carbocycles. The summed E-state index contributed by atoms with van der Waals surface area (Å²) in [5, 5.41) is 5.92. The molecule has 0 aliphatic heterocycles. The van der Waals surface area contributed by atoms with E-state index in [9.17, 15) is 9.18 Å². The van der Waals surface area contributed by atoms with Crippen LogP contribution in [0.3, 0.4) is 0 Å². The number of hydrogen-bond donors (Lipinski definition) is 3. The Kier molecular flexibility index (Phi) is 21.5. The van der Waals surface area contributed by atoms with Gasteiger partial charge in [-0.15, -0.1) is 0 Å². The Morgan fingerprint density at radius 1 is 0.950 bits per heavy atom. The van der Waals surface area contributed by atoms with Crippen molar-refractivity contribution in [3.63, 3.8) is 0 Å². The highest BCUT2D eigenvalue weighted by Crippen LogP contribution is 2.20. The van der Waals surface area contributed by atoms with Gasteiger partial charge in [-0.25, -0.2) is 9.37 Å². The fraction of sp³-hybridized carbons (Fsp3) is 0.625. The number of halogens is 1. The van der Waals surface area contributed by atoms with Gasteiger partial charge in [-0.3, -0.25) is 4.79 Å². The van der Waals surface area contributed by atoms with Crippen LogP contribution < -0.4 is 16.4 Å². The van der Waals surface area contributed by atoms with Crippen molar-refractivity contribution in [2.24, 2.45) is 5.73 Å². The van der Waals surface area contributed by atoms with E-state index in [2.05, 4.69) is 22.5 Å². The number of amides is 1. The monoisotopic (exact) mass is 560 g/mol. The van der Waals surface area contributed by atoms with E-state index in [0.717, 1.165) is 58.0 Å². The molecule has 0 spiro atoms. The summed E-state index contributed by atoms with van der Waals surface area (Å²) in [6.45, 7) is 10.1. The quantitative estimate of drug-likeness (QED) is 0.183. The first-order valence-electron chi connectivity index (χ1n) is 15.3. The van der Waals surface area contributed by atoms with Crippen molar-refractivity contribution in [2.45, 2.75) is 97.5 Å². The first-order valence-corrected chi connectivity index (χ1v) is 15.3. The van der Waals surface area contributed by atoms with Crippen molar-refractivity contribution in [3.8, 4) is 0 Å². The van der Waals surface area contributed by atoms with Gasteiger partial charge in [-0.2, -0.15) is 0 Å². The first kappa shape index (κ1) is 35.5. The molecule has 226 valence electrons. The smallest absolute Gasteiger partial charge is 0.257 e. The summed E-state index contributed by atoms with van der Waals surface area (Å²) in [5.41, 5.74) is 6.35. The molecule has 1 aromatic heterocycles. The Labute approximate surface area is 241 Å². The highest BCUT2D eigenvalue weighted by atomic mass is 19.1. The van der Waals surface area contributed by atoms with E-state index in [1.165, 1.54) is 81.8 Å². The summed E-state index contributed by atoms with van der Waals surface area (Å²) in [6.07, 6.45) is 15.5. The minimum absolute atomic E-state index is 0.280. The normalized spacial score (nSPS) is 12.9. The molecule has 7 nitrogen and oxygen atoms in total. The van der Waals surface area contributed by atoms with Gasteiger partial charge in [0.1, 0.15) is 11.6 Å². The van der Waals surface area contributed by atoms with E-state index in [4.69, 9.17) is 15.2 Å².